The van der Waals surface area contributed by atoms with E-state index < -0.39 is 0 Å². The lowest BCUT2D eigenvalue weighted by atomic mass is 10.0. The minimum absolute atomic E-state index is 0.715. The van der Waals surface area contributed by atoms with Crippen LogP contribution in [0.4, 0.5) is 0 Å². The Kier molecular flexibility index (Phi) is 6.22. The van der Waals surface area contributed by atoms with Crippen molar-refractivity contribution in [3.8, 4) is 34.0 Å². The number of hydrogen-bond acceptors (Lipinski definition) is 2. The quantitative estimate of drug-likeness (QED) is 0.188. The molecule has 0 fully saturated rings. The van der Waals surface area contributed by atoms with E-state index in [-0.39, 0.29) is 0 Å². The van der Waals surface area contributed by atoms with Gasteiger partial charge in [0, 0.05) is 49.4 Å². The summed E-state index contributed by atoms with van der Waals surface area (Å²) in [5.74, 6) is 0.715. The molecule has 0 radical (unpaired) electrons. The molecule has 0 spiro atoms. The Bertz CT molecular complexity index is 3160. The van der Waals surface area contributed by atoms with Gasteiger partial charge in [0.2, 0.25) is 0 Å². The first-order valence-electron chi connectivity index (χ1n) is 17.7. The number of hydrogen-bond donors (Lipinski definition) is 0. The average Bonchev–Trinajstić information content (AvgIpc) is 3.72. The third-order valence-electron chi connectivity index (χ3n) is 10.5. The lowest BCUT2D eigenvalue weighted by Crippen LogP contribution is -1.97. The second-order valence-electron chi connectivity index (χ2n) is 13.4. The van der Waals surface area contributed by atoms with E-state index in [1.54, 1.807) is 0 Å². The summed E-state index contributed by atoms with van der Waals surface area (Å²) in [6.45, 7) is 0. The van der Waals surface area contributed by atoms with Gasteiger partial charge in [-0.1, -0.05) is 115 Å². The fraction of sp³-hybridized carbons (Fsp3) is 0. The number of aromatic nitrogens is 4. The summed E-state index contributed by atoms with van der Waals surface area (Å²) in [6, 6.07) is 64.9. The van der Waals surface area contributed by atoms with Crippen molar-refractivity contribution in [2.45, 2.75) is 0 Å². The maximum absolute atomic E-state index is 5.13. The monoisotopic (exact) mass is 662 g/mol. The van der Waals surface area contributed by atoms with E-state index in [1.807, 2.05) is 18.2 Å². The Balaban J connectivity index is 1.15. The van der Waals surface area contributed by atoms with E-state index in [0.29, 0.717) is 5.82 Å². The van der Waals surface area contributed by atoms with E-state index in [1.165, 1.54) is 54.4 Å². The number of rotatable bonds is 4. The van der Waals surface area contributed by atoms with Crippen molar-refractivity contribution in [1.29, 1.82) is 0 Å². The van der Waals surface area contributed by atoms with Gasteiger partial charge >= 0.3 is 0 Å². The van der Waals surface area contributed by atoms with Gasteiger partial charge in [-0.2, -0.15) is 0 Å². The molecule has 242 valence electrons. The molecule has 0 bridgehead atoms. The van der Waals surface area contributed by atoms with Crippen molar-refractivity contribution >= 4 is 65.3 Å². The minimum Gasteiger partial charge on any atom is -0.309 e. The summed E-state index contributed by atoms with van der Waals surface area (Å²) in [5, 5.41) is 8.56. The fourth-order valence-corrected chi connectivity index (χ4v) is 8.16. The van der Waals surface area contributed by atoms with Crippen LogP contribution in [0.2, 0.25) is 0 Å². The largest absolute Gasteiger partial charge is 0.309 e. The zero-order chi connectivity index (χ0) is 34.2. The first-order chi connectivity index (χ1) is 25.8. The first kappa shape index (κ1) is 28.8. The molecule has 0 unspecified atom stereocenters. The Morgan fingerprint density at radius 1 is 0.346 bits per heavy atom. The topological polar surface area (TPSA) is 35.6 Å². The third-order valence-corrected chi connectivity index (χ3v) is 10.5. The SMILES string of the molecule is c1ccc(-c2nc(-c3ccc(-n4c5ccccc5c5cc6c7c8ccccc8ccc7n(-c7ccccc7)c6cc54)cc3)nc3ccccc23)cc1. The van der Waals surface area contributed by atoms with E-state index in [2.05, 4.69) is 173 Å². The molecule has 11 rings (SSSR count). The lowest BCUT2D eigenvalue weighted by molar-refractivity contribution is 1.16. The van der Waals surface area contributed by atoms with E-state index >= 15 is 0 Å². The maximum Gasteiger partial charge on any atom is 0.160 e. The van der Waals surface area contributed by atoms with Crippen LogP contribution in [0.3, 0.4) is 0 Å². The van der Waals surface area contributed by atoms with Gasteiger partial charge in [0.25, 0.3) is 0 Å². The fourth-order valence-electron chi connectivity index (χ4n) is 8.16. The third kappa shape index (κ3) is 4.28. The smallest absolute Gasteiger partial charge is 0.160 e. The van der Waals surface area contributed by atoms with Crippen LogP contribution in [0.15, 0.2) is 182 Å². The zero-order valence-electron chi connectivity index (χ0n) is 28.1. The molecule has 0 aliphatic carbocycles. The highest BCUT2D eigenvalue weighted by atomic mass is 15.0. The van der Waals surface area contributed by atoms with Crippen LogP contribution in [-0.2, 0) is 0 Å². The summed E-state index contributed by atoms with van der Waals surface area (Å²) < 4.78 is 4.82. The van der Waals surface area contributed by atoms with Crippen LogP contribution >= 0.6 is 0 Å². The normalized spacial score (nSPS) is 11.8. The van der Waals surface area contributed by atoms with Crippen molar-refractivity contribution in [1.82, 2.24) is 19.1 Å². The summed E-state index contributed by atoms with van der Waals surface area (Å²) in [7, 11) is 0. The van der Waals surface area contributed by atoms with Crippen LogP contribution < -0.4 is 0 Å². The van der Waals surface area contributed by atoms with Crippen LogP contribution in [0.5, 0.6) is 0 Å². The van der Waals surface area contributed by atoms with E-state index in [9.17, 15) is 0 Å². The second-order valence-corrected chi connectivity index (χ2v) is 13.4. The van der Waals surface area contributed by atoms with Gasteiger partial charge < -0.3 is 9.13 Å². The maximum atomic E-state index is 5.13. The molecule has 52 heavy (non-hydrogen) atoms. The molecule has 0 N–H and O–H groups in total. The van der Waals surface area contributed by atoms with Crippen LogP contribution in [-0.4, -0.2) is 19.1 Å². The Hall–Kier alpha value is -7.04. The van der Waals surface area contributed by atoms with E-state index in [0.717, 1.165) is 39.1 Å². The number of benzene rings is 8. The van der Waals surface area contributed by atoms with Gasteiger partial charge in [0.05, 0.1) is 33.3 Å². The molecule has 3 aromatic heterocycles. The summed E-state index contributed by atoms with van der Waals surface area (Å²) in [5.41, 5.74) is 10.9. The molecule has 0 amide bonds. The van der Waals surface area contributed by atoms with Crippen LogP contribution in [0.25, 0.3) is 99.3 Å². The van der Waals surface area contributed by atoms with Crippen molar-refractivity contribution in [2.75, 3.05) is 0 Å². The first-order valence-corrected chi connectivity index (χ1v) is 17.7. The second kappa shape index (κ2) is 11.2. The van der Waals surface area contributed by atoms with Gasteiger partial charge in [-0.15, -0.1) is 0 Å². The molecule has 0 atom stereocenters. The van der Waals surface area contributed by atoms with Gasteiger partial charge in [0.1, 0.15) is 0 Å². The lowest BCUT2D eigenvalue weighted by Gasteiger charge is -2.12. The standard InChI is InChI=1S/C48H30N4/c1-3-14-32(15-4-1)47-38-20-9-11-21-41(38)49-48(50-47)33-23-26-35(27-24-33)51-42-22-12-10-19-37(42)39-29-40-45(30-44(39)51)52(34-16-5-2-6-17-34)43-28-25-31-13-7-8-18-36(31)46(40)43/h1-30H. The predicted molar refractivity (Wildman–Crippen MR) is 217 cm³/mol. The average molecular weight is 663 g/mol. The number of nitrogens with zero attached hydrogens (tertiary/aromatic N) is 4. The molecule has 0 aliphatic rings. The Labute approximate surface area is 299 Å². The molecule has 0 aliphatic heterocycles. The highest BCUT2D eigenvalue weighted by molar-refractivity contribution is 6.25. The predicted octanol–water partition coefficient (Wildman–Crippen LogP) is 12.3. The molecule has 11 aromatic rings. The van der Waals surface area contributed by atoms with Crippen LogP contribution in [0.1, 0.15) is 0 Å². The molecule has 3 heterocycles. The van der Waals surface area contributed by atoms with Crippen molar-refractivity contribution < 1.29 is 0 Å². The van der Waals surface area contributed by atoms with Crippen molar-refractivity contribution in [3.63, 3.8) is 0 Å². The van der Waals surface area contributed by atoms with Crippen molar-refractivity contribution in [3.05, 3.63) is 182 Å². The summed E-state index contributed by atoms with van der Waals surface area (Å²) in [6.07, 6.45) is 0. The summed E-state index contributed by atoms with van der Waals surface area (Å²) in [4.78, 5) is 10.1. The highest BCUT2D eigenvalue weighted by Gasteiger charge is 2.20. The zero-order valence-corrected chi connectivity index (χ0v) is 28.1. The molecular weight excluding hydrogens is 633 g/mol. The molecule has 0 saturated heterocycles. The molecular formula is C48H30N4. The minimum atomic E-state index is 0.715. The van der Waals surface area contributed by atoms with Gasteiger partial charge in [-0.3, -0.25) is 0 Å². The van der Waals surface area contributed by atoms with Gasteiger partial charge in [0.15, 0.2) is 5.82 Å². The Morgan fingerprint density at radius 3 is 1.81 bits per heavy atom. The summed E-state index contributed by atoms with van der Waals surface area (Å²) >= 11 is 0. The van der Waals surface area contributed by atoms with Crippen LogP contribution in [0, 0.1) is 0 Å². The van der Waals surface area contributed by atoms with Crippen molar-refractivity contribution in [2.24, 2.45) is 0 Å². The Morgan fingerprint density at radius 2 is 0.981 bits per heavy atom. The van der Waals surface area contributed by atoms with Gasteiger partial charge in [-0.25, -0.2) is 9.97 Å². The highest BCUT2D eigenvalue weighted by Crippen LogP contribution is 2.42. The number of para-hydroxylation sites is 3. The molecule has 4 heteroatoms. The molecule has 0 saturated carbocycles. The molecule has 8 aromatic carbocycles. The number of fused-ring (bicyclic) bond motifs is 9. The molecule has 4 nitrogen and oxygen atoms in total. The van der Waals surface area contributed by atoms with E-state index in [4.69, 9.17) is 9.97 Å². The van der Waals surface area contributed by atoms with Gasteiger partial charge in [-0.05, 0) is 77.5 Å².